The molecule has 3 rings (SSSR count). The van der Waals surface area contributed by atoms with Crippen LogP contribution >= 0.6 is 0 Å². The highest BCUT2D eigenvalue weighted by molar-refractivity contribution is 5.26. The number of rotatable bonds is 6. The van der Waals surface area contributed by atoms with Crippen LogP contribution in [0, 0.1) is 17.3 Å². The Hall–Kier alpha value is -0.640. The molecular formula is C25H42O3. The average molecular weight is 391 g/mol. The lowest BCUT2D eigenvalue weighted by Gasteiger charge is -2.42. The number of hydrogen-bond acceptors (Lipinski definition) is 3. The van der Waals surface area contributed by atoms with Crippen LogP contribution in [0.1, 0.15) is 97.8 Å². The Bertz CT molecular complexity index is 573. The summed E-state index contributed by atoms with van der Waals surface area (Å²) in [6.07, 6.45) is 16.8. The summed E-state index contributed by atoms with van der Waals surface area (Å²) in [5, 5.41) is 29.8. The highest BCUT2D eigenvalue weighted by Crippen LogP contribution is 2.58. The van der Waals surface area contributed by atoms with E-state index < -0.39 is 5.60 Å². The Kier molecular flexibility index (Phi) is 7.10. The van der Waals surface area contributed by atoms with Gasteiger partial charge in [-0.3, -0.25) is 0 Å². The van der Waals surface area contributed by atoms with Gasteiger partial charge in [0, 0.05) is 0 Å². The summed E-state index contributed by atoms with van der Waals surface area (Å²) in [7, 11) is 0. The van der Waals surface area contributed by atoms with E-state index in [4.69, 9.17) is 0 Å². The Labute approximate surface area is 171 Å². The maximum Gasteiger partial charge on any atom is 0.0602 e. The highest BCUT2D eigenvalue weighted by atomic mass is 16.3. The summed E-state index contributed by atoms with van der Waals surface area (Å²) in [6, 6.07) is 0. The normalized spacial score (nSPS) is 39.5. The SMILES string of the molecule is CC(C)(O)CCCCC1CCC2/C(=C/C=C3CC(O)C[C@H](O)C3)CCCC12C. The van der Waals surface area contributed by atoms with Crippen LogP contribution in [0.4, 0.5) is 0 Å². The first-order valence-corrected chi connectivity index (χ1v) is 11.6. The molecule has 5 atom stereocenters. The zero-order valence-electron chi connectivity index (χ0n) is 18.3. The van der Waals surface area contributed by atoms with Crippen LogP contribution in [0.3, 0.4) is 0 Å². The fourth-order valence-corrected chi connectivity index (χ4v) is 6.30. The van der Waals surface area contributed by atoms with Crippen LogP contribution in [0.2, 0.25) is 0 Å². The number of allylic oxidation sites excluding steroid dienone is 3. The van der Waals surface area contributed by atoms with Gasteiger partial charge in [-0.25, -0.2) is 0 Å². The molecule has 0 aliphatic heterocycles. The Morgan fingerprint density at radius 2 is 1.79 bits per heavy atom. The van der Waals surface area contributed by atoms with Gasteiger partial charge in [-0.1, -0.05) is 43.1 Å². The standard InChI is InChI=1S/C25H42O3/c1-24(2,28)13-5-4-8-20-11-12-23-19(7-6-14-25(20,23)3)10-9-18-15-21(26)17-22(27)16-18/h9-10,20-23,26-28H,4-8,11-17H2,1-3H3/b18-9?,19-10+/t20?,21-,22?,23?,25?/m1/s1. The van der Waals surface area contributed by atoms with E-state index in [0.29, 0.717) is 30.6 Å². The monoisotopic (exact) mass is 390 g/mol. The first kappa shape index (κ1) is 22.1. The van der Waals surface area contributed by atoms with Crippen molar-refractivity contribution in [2.45, 2.75) is 116 Å². The van der Waals surface area contributed by atoms with Crippen molar-refractivity contribution >= 4 is 0 Å². The molecule has 3 N–H and O–H groups in total. The summed E-state index contributed by atoms with van der Waals surface area (Å²) in [4.78, 5) is 0. The van der Waals surface area contributed by atoms with Crippen LogP contribution in [0.15, 0.2) is 23.3 Å². The molecule has 3 aliphatic carbocycles. The van der Waals surface area contributed by atoms with Crippen molar-refractivity contribution in [2.24, 2.45) is 17.3 Å². The molecule has 3 fully saturated rings. The molecule has 3 heteroatoms. The lowest BCUT2D eigenvalue weighted by atomic mass is 9.62. The molecule has 0 saturated heterocycles. The predicted octanol–water partition coefficient (Wildman–Crippen LogP) is 5.29. The van der Waals surface area contributed by atoms with Crippen molar-refractivity contribution in [3.8, 4) is 0 Å². The average Bonchev–Trinajstić information content (AvgIpc) is 2.92. The van der Waals surface area contributed by atoms with Crippen LogP contribution in [0.5, 0.6) is 0 Å². The fraction of sp³-hybridized carbons (Fsp3) is 0.840. The van der Waals surface area contributed by atoms with Gasteiger partial charge < -0.3 is 15.3 Å². The van der Waals surface area contributed by atoms with Crippen LogP contribution in [0.25, 0.3) is 0 Å². The van der Waals surface area contributed by atoms with E-state index in [-0.39, 0.29) is 12.2 Å². The van der Waals surface area contributed by atoms with Gasteiger partial charge in [0.2, 0.25) is 0 Å². The molecular weight excluding hydrogens is 348 g/mol. The summed E-state index contributed by atoms with van der Waals surface area (Å²) >= 11 is 0. The molecule has 0 radical (unpaired) electrons. The fourth-order valence-electron chi connectivity index (χ4n) is 6.30. The van der Waals surface area contributed by atoms with E-state index in [9.17, 15) is 15.3 Å². The molecule has 0 amide bonds. The molecule has 0 spiro atoms. The summed E-state index contributed by atoms with van der Waals surface area (Å²) in [5.41, 5.74) is 2.71. The van der Waals surface area contributed by atoms with Crippen molar-refractivity contribution < 1.29 is 15.3 Å². The Morgan fingerprint density at radius 3 is 2.46 bits per heavy atom. The first-order chi connectivity index (χ1) is 13.2. The minimum Gasteiger partial charge on any atom is -0.393 e. The van der Waals surface area contributed by atoms with Gasteiger partial charge in [-0.05, 0) is 95.3 Å². The third-order valence-electron chi connectivity index (χ3n) is 7.83. The second-order valence-electron chi connectivity index (χ2n) is 10.8. The number of aliphatic hydroxyl groups is 3. The topological polar surface area (TPSA) is 60.7 Å². The molecule has 3 aliphatic rings. The minimum absolute atomic E-state index is 0.384. The van der Waals surface area contributed by atoms with Gasteiger partial charge in [-0.15, -0.1) is 0 Å². The predicted molar refractivity (Wildman–Crippen MR) is 115 cm³/mol. The molecule has 0 aromatic rings. The molecule has 0 bridgehead atoms. The number of unbranched alkanes of at least 4 members (excludes halogenated alkanes) is 1. The molecule has 0 heterocycles. The zero-order valence-corrected chi connectivity index (χ0v) is 18.3. The van der Waals surface area contributed by atoms with Gasteiger partial charge >= 0.3 is 0 Å². The number of hydrogen-bond donors (Lipinski definition) is 3. The lowest BCUT2D eigenvalue weighted by Crippen LogP contribution is -2.33. The maximum atomic E-state index is 9.94. The van der Waals surface area contributed by atoms with Crippen LogP contribution in [-0.2, 0) is 0 Å². The highest BCUT2D eigenvalue weighted by Gasteiger charge is 2.48. The van der Waals surface area contributed by atoms with E-state index in [1.165, 1.54) is 50.5 Å². The van der Waals surface area contributed by atoms with Gasteiger partial charge in [0.15, 0.2) is 0 Å². The van der Waals surface area contributed by atoms with Crippen molar-refractivity contribution in [3.63, 3.8) is 0 Å². The first-order valence-electron chi connectivity index (χ1n) is 11.6. The molecule has 0 aromatic carbocycles. The van der Waals surface area contributed by atoms with E-state index in [1.54, 1.807) is 5.57 Å². The van der Waals surface area contributed by atoms with Crippen molar-refractivity contribution in [1.29, 1.82) is 0 Å². The summed E-state index contributed by atoms with van der Waals surface area (Å²) in [6.45, 7) is 6.35. The number of aliphatic hydroxyl groups excluding tert-OH is 2. The molecule has 160 valence electrons. The third kappa shape index (κ3) is 5.49. The third-order valence-corrected chi connectivity index (χ3v) is 7.83. The molecule has 4 unspecified atom stereocenters. The van der Waals surface area contributed by atoms with Crippen molar-refractivity contribution in [2.75, 3.05) is 0 Å². The second-order valence-corrected chi connectivity index (χ2v) is 10.8. The molecule has 3 saturated carbocycles. The Morgan fingerprint density at radius 1 is 1.07 bits per heavy atom. The van der Waals surface area contributed by atoms with Crippen LogP contribution < -0.4 is 0 Å². The Balaban J connectivity index is 1.61. The lowest BCUT2D eigenvalue weighted by molar-refractivity contribution is 0.0608. The minimum atomic E-state index is -0.531. The summed E-state index contributed by atoms with van der Waals surface area (Å²) in [5.74, 6) is 1.52. The zero-order chi connectivity index (χ0) is 20.4. The largest absolute Gasteiger partial charge is 0.393 e. The van der Waals surface area contributed by atoms with E-state index in [1.807, 2.05) is 13.8 Å². The van der Waals surface area contributed by atoms with Crippen molar-refractivity contribution in [1.82, 2.24) is 0 Å². The molecule has 3 nitrogen and oxygen atoms in total. The van der Waals surface area contributed by atoms with Crippen LogP contribution in [-0.4, -0.2) is 33.1 Å². The summed E-state index contributed by atoms with van der Waals surface area (Å²) < 4.78 is 0. The van der Waals surface area contributed by atoms with Gasteiger partial charge in [-0.2, -0.15) is 0 Å². The maximum absolute atomic E-state index is 9.94. The van der Waals surface area contributed by atoms with E-state index >= 15 is 0 Å². The smallest absolute Gasteiger partial charge is 0.0602 e. The second kappa shape index (κ2) is 9.02. The van der Waals surface area contributed by atoms with Gasteiger partial charge in [0.1, 0.15) is 0 Å². The van der Waals surface area contributed by atoms with Gasteiger partial charge in [0.25, 0.3) is 0 Å². The van der Waals surface area contributed by atoms with E-state index in [0.717, 1.165) is 18.8 Å². The quantitative estimate of drug-likeness (QED) is 0.540. The van der Waals surface area contributed by atoms with Crippen molar-refractivity contribution in [3.05, 3.63) is 23.3 Å². The molecule has 28 heavy (non-hydrogen) atoms. The van der Waals surface area contributed by atoms with E-state index in [2.05, 4.69) is 19.1 Å². The number of fused-ring (bicyclic) bond motifs is 1. The molecule has 0 aromatic heterocycles. The van der Waals surface area contributed by atoms with Gasteiger partial charge in [0.05, 0.1) is 17.8 Å².